The predicted octanol–water partition coefficient (Wildman–Crippen LogP) is 3.06. The van der Waals surface area contributed by atoms with Crippen LogP contribution in [0.4, 0.5) is 11.6 Å². The van der Waals surface area contributed by atoms with Gasteiger partial charge in [0.25, 0.3) is 0 Å². The summed E-state index contributed by atoms with van der Waals surface area (Å²) in [4.78, 5) is 17.7. The SMILES string of the molecule is CC1(C)Cc2c(c(N3CCCC3)nc3sc4c(NCCN)ncnc4c23)CO1. The number of hydrogen-bond donors (Lipinski definition) is 2. The van der Waals surface area contributed by atoms with E-state index in [2.05, 4.69) is 34.0 Å². The minimum atomic E-state index is -0.189. The molecule has 8 heteroatoms. The zero-order chi connectivity index (χ0) is 19.3. The van der Waals surface area contributed by atoms with Crippen molar-refractivity contribution in [2.24, 2.45) is 5.73 Å². The molecule has 5 heterocycles. The monoisotopic (exact) mass is 398 g/mol. The zero-order valence-corrected chi connectivity index (χ0v) is 17.2. The molecule has 3 aromatic rings. The van der Waals surface area contributed by atoms with Gasteiger partial charge in [0, 0.05) is 43.5 Å². The van der Waals surface area contributed by atoms with Crippen LogP contribution >= 0.6 is 11.3 Å². The maximum absolute atomic E-state index is 6.18. The predicted molar refractivity (Wildman–Crippen MR) is 114 cm³/mol. The molecule has 0 aromatic carbocycles. The van der Waals surface area contributed by atoms with Crippen LogP contribution < -0.4 is 16.0 Å². The molecule has 7 nitrogen and oxygen atoms in total. The number of aromatic nitrogens is 3. The van der Waals surface area contributed by atoms with Gasteiger partial charge in [-0.15, -0.1) is 11.3 Å². The summed E-state index contributed by atoms with van der Waals surface area (Å²) >= 11 is 1.68. The summed E-state index contributed by atoms with van der Waals surface area (Å²) in [7, 11) is 0. The van der Waals surface area contributed by atoms with Crippen molar-refractivity contribution in [3.8, 4) is 0 Å². The lowest BCUT2D eigenvalue weighted by atomic mass is 9.90. The summed E-state index contributed by atoms with van der Waals surface area (Å²) in [5.74, 6) is 1.95. The largest absolute Gasteiger partial charge is 0.370 e. The maximum atomic E-state index is 6.18. The van der Waals surface area contributed by atoms with E-state index >= 15 is 0 Å². The highest BCUT2D eigenvalue weighted by Gasteiger charge is 2.33. The Morgan fingerprint density at radius 3 is 2.86 bits per heavy atom. The molecule has 0 spiro atoms. The molecule has 1 fully saturated rings. The van der Waals surface area contributed by atoms with Crippen molar-refractivity contribution in [3.05, 3.63) is 17.5 Å². The van der Waals surface area contributed by atoms with Crippen molar-refractivity contribution in [1.29, 1.82) is 0 Å². The van der Waals surface area contributed by atoms with Crippen LogP contribution in [0.5, 0.6) is 0 Å². The van der Waals surface area contributed by atoms with Crippen molar-refractivity contribution in [3.63, 3.8) is 0 Å². The number of nitrogens with zero attached hydrogens (tertiary/aromatic N) is 4. The van der Waals surface area contributed by atoms with Crippen LogP contribution in [0.25, 0.3) is 20.4 Å². The molecule has 5 rings (SSSR count). The average Bonchev–Trinajstić information content (AvgIpc) is 3.32. The Morgan fingerprint density at radius 2 is 2.07 bits per heavy atom. The van der Waals surface area contributed by atoms with Crippen molar-refractivity contribution < 1.29 is 4.74 Å². The van der Waals surface area contributed by atoms with E-state index in [9.17, 15) is 0 Å². The lowest BCUT2D eigenvalue weighted by Crippen LogP contribution is -2.33. The number of anilines is 2. The second kappa shape index (κ2) is 6.79. The van der Waals surface area contributed by atoms with E-state index in [0.29, 0.717) is 19.7 Å². The van der Waals surface area contributed by atoms with Gasteiger partial charge in [-0.05, 0) is 32.3 Å². The molecule has 0 amide bonds. The van der Waals surface area contributed by atoms with Crippen LogP contribution in [0.15, 0.2) is 6.33 Å². The standard InChI is InChI=1S/C20H26N6OS/c1-20(2)9-12-13(10-27-20)18(26-7-3-4-8-26)25-19-14(12)15-16(28-19)17(22-6-5-21)24-11-23-15/h11H,3-10,21H2,1-2H3,(H,22,23,24). The normalized spacial score (nSPS) is 18.8. The Bertz CT molecular complexity index is 1040. The lowest BCUT2D eigenvalue weighted by Gasteiger charge is -2.34. The van der Waals surface area contributed by atoms with Gasteiger partial charge in [-0.2, -0.15) is 0 Å². The Kier molecular flexibility index (Phi) is 4.37. The van der Waals surface area contributed by atoms with Gasteiger partial charge >= 0.3 is 0 Å². The molecule has 0 unspecified atom stereocenters. The number of nitrogens with one attached hydrogen (secondary N) is 1. The molecule has 1 saturated heterocycles. The Hall–Kier alpha value is -2.03. The molecule has 148 valence electrons. The highest BCUT2D eigenvalue weighted by Crippen LogP contribution is 2.44. The van der Waals surface area contributed by atoms with Crippen LogP contribution in [0, 0.1) is 0 Å². The molecule has 0 aliphatic carbocycles. The first-order valence-corrected chi connectivity index (χ1v) is 10.8. The first-order valence-electron chi connectivity index (χ1n) is 9.99. The van der Waals surface area contributed by atoms with Crippen molar-refractivity contribution >= 4 is 43.4 Å². The van der Waals surface area contributed by atoms with E-state index in [0.717, 1.165) is 46.2 Å². The van der Waals surface area contributed by atoms with E-state index in [1.54, 1.807) is 17.7 Å². The fraction of sp³-hybridized carbons (Fsp3) is 0.550. The fourth-order valence-electron chi connectivity index (χ4n) is 4.30. The van der Waals surface area contributed by atoms with Crippen molar-refractivity contribution in [2.45, 2.75) is 45.3 Å². The van der Waals surface area contributed by atoms with Crippen molar-refractivity contribution in [2.75, 3.05) is 36.4 Å². The summed E-state index contributed by atoms with van der Waals surface area (Å²) in [5, 5.41) is 4.51. The third-order valence-corrected chi connectivity index (χ3v) is 6.73. The highest BCUT2D eigenvalue weighted by molar-refractivity contribution is 7.26. The molecule has 3 aromatic heterocycles. The van der Waals surface area contributed by atoms with E-state index in [1.807, 2.05) is 0 Å². The number of pyridine rings is 1. The van der Waals surface area contributed by atoms with Gasteiger partial charge in [-0.3, -0.25) is 0 Å². The zero-order valence-electron chi connectivity index (χ0n) is 16.4. The Labute approximate surface area is 168 Å². The summed E-state index contributed by atoms with van der Waals surface area (Å²) in [6.45, 7) is 8.33. The Morgan fingerprint density at radius 1 is 1.25 bits per heavy atom. The summed E-state index contributed by atoms with van der Waals surface area (Å²) in [6, 6.07) is 0. The molecular weight excluding hydrogens is 372 g/mol. The minimum absolute atomic E-state index is 0.189. The summed E-state index contributed by atoms with van der Waals surface area (Å²) in [6.07, 6.45) is 4.96. The topological polar surface area (TPSA) is 89.2 Å². The van der Waals surface area contributed by atoms with E-state index in [1.165, 1.54) is 29.4 Å². The molecule has 0 bridgehead atoms. The second-order valence-electron chi connectivity index (χ2n) is 8.21. The number of hydrogen-bond acceptors (Lipinski definition) is 8. The summed E-state index contributed by atoms with van der Waals surface area (Å²) in [5.41, 5.74) is 9.06. The highest BCUT2D eigenvalue weighted by atomic mass is 32.1. The van der Waals surface area contributed by atoms with Crippen molar-refractivity contribution in [1.82, 2.24) is 15.0 Å². The smallest absolute Gasteiger partial charge is 0.147 e. The fourth-order valence-corrected chi connectivity index (χ4v) is 5.42. The molecule has 0 radical (unpaired) electrons. The molecule has 2 aliphatic heterocycles. The molecule has 2 aliphatic rings. The summed E-state index contributed by atoms with van der Waals surface area (Å²) < 4.78 is 7.24. The van der Waals surface area contributed by atoms with Gasteiger partial charge in [0.05, 0.1) is 22.4 Å². The number of rotatable bonds is 4. The van der Waals surface area contributed by atoms with Gasteiger partial charge in [-0.1, -0.05) is 0 Å². The quantitative estimate of drug-likeness (QED) is 0.698. The second-order valence-corrected chi connectivity index (χ2v) is 9.21. The number of ether oxygens (including phenoxy) is 1. The van der Waals surface area contributed by atoms with Gasteiger partial charge in [0.2, 0.25) is 0 Å². The molecule has 3 N–H and O–H groups in total. The first-order chi connectivity index (χ1) is 13.6. The van der Waals surface area contributed by atoms with E-state index < -0.39 is 0 Å². The van der Waals surface area contributed by atoms with Crippen LogP contribution in [-0.2, 0) is 17.8 Å². The number of thiophene rings is 1. The lowest BCUT2D eigenvalue weighted by molar-refractivity contribution is -0.0395. The number of fused-ring (bicyclic) bond motifs is 5. The van der Waals surface area contributed by atoms with Gasteiger partial charge in [0.1, 0.15) is 22.8 Å². The maximum Gasteiger partial charge on any atom is 0.147 e. The van der Waals surface area contributed by atoms with Crippen LogP contribution in [0.1, 0.15) is 37.8 Å². The third kappa shape index (κ3) is 2.91. The van der Waals surface area contributed by atoms with Gasteiger partial charge in [0.15, 0.2) is 0 Å². The van der Waals surface area contributed by atoms with Crippen LogP contribution in [-0.4, -0.2) is 46.7 Å². The third-order valence-electron chi connectivity index (χ3n) is 5.65. The molecular formula is C20H26N6OS. The van der Waals surface area contributed by atoms with Crippen LogP contribution in [0.2, 0.25) is 0 Å². The minimum Gasteiger partial charge on any atom is -0.370 e. The molecule has 28 heavy (non-hydrogen) atoms. The van der Waals surface area contributed by atoms with Gasteiger partial charge in [-0.25, -0.2) is 15.0 Å². The van der Waals surface area contributed by atoms with E-state index in [-0.39, 0.29) is 5.60 Å². The van der Waals surface area contributed by atoms with Crippen LogP contribution in [0.3, 0.4) is 0 Å². The van der Waals surface area contributed by atoms with E-state index in [4.69, 9.17) is 15.5 Å². The molecule has 0 atom stereocenters. The Balaban J connectivity index is 1.77. The average molecular weight is 399 g/mol. The number of nitrogens with two attached hydrogens (primary N) is 1. The molecule has 0 saturated carbocycles. The first kappa shape index (κ1) is 18.0. The van der Waals surface area contributed by atoms with Gasteiger partial charge < -0.3 is 20.7 Å².